The van der Waals surface area contributed by atoms with Gasteiger partial charge in [0.25, 0.3) is 5.91 Å². The van der Waals surface area contributed by atoms with E-state index in [0.717, 1.165) is 16.1 Å². The van der Waals surface area contributed by atoms with Crippen LogP contribution in [0.3, 0.4) is 0 Å². The fourth-order valence-electron chi connectivity index (χ4n) is 2.33. The zero-order valence-corrected chi connectivity index (χ0v) is 16.5. The standard InChI is InChI=1S/C19H23N3O5S/c1-3-27-18-11-16(9-10-17(18)23)12-20-21-19(24)14-22(28(2,25)26)13-15-7-5-4-6-8-15/h4-12,23H,3,13-14H2,1-2H3,(H,21,24)/b20-12-. The first-order chi connectivity index (χ1) is 13.3. The maximum absolute atomic E-state index is 12.1. The van der Waals surface area contributed by atoms with E-state index in [4.69, 9.17) is 4.74 Å². The number of hydrogen-bond acceptors (Lipinski definition) is 6. The maximum atomic E-state index is 12.1. The summed E-state index contributed by atoms with van der Waals surface area (Å²) in [5.74, 6) is -0.252. The maximum Gasteiger partial charge on any atom is 0.255 e. The number of carbonyl (C=O) groups excluding carboxylic acids is 1. The molecule has 2 N–H and O–H groups in total. The fourth-order valence-corrected chi connectivity index (χ4v) is 3.07. The van der Waals surface area contributed by atoms with Gasteiger partial charge in [0.05, 0.1) is 25.6 Å². The Bertz CT molecular complexity index is 930. The van der Waals surface area contributed by atoms with Gasteiger partial charge in [-0.2, -0.15) is 9.41 Å². The predicted octanol–water partition coefficient (Wildman–Crippen LogP) is 1.70. The molecule has 0 spiro atoms. The van der Waals surface area contributed by atoms with E-state index in [1.54, 1.807) is 43.3 Å². The van der Waals surface area contributed by atoms with Crippen LogP contribution in [0.4, 0.5) is 0 Å². The number of benzene rings is 2. The molecule has 0 radical (unpaired) electrons. The number of rotatable bonds is 9. The minimum atomic E-state index is -3.58. The van der Waals surface area contributed by atoms with E-state index in [1.807, 2.05) is 6.07 Å². The van der Waals surface area contributed by atoms with Crippen LogP contribution in [0.5, 0.6) is 11.5 Å². The average Bonchev–Trinajstić information content (AvgIpc) is 2.64. The van der Waals surface area contributed by atoms with Crippen molar-refractivity contribution in [1.82, 2.24) is 9.73 Å². The largest absolute Gasteiger partial charge is 0.504 e. The Balaban J connectivity index is 1.99. The van der Waals surface area contributed by atoms with Gasteiger partial charge in [0.1, 0.15) is 0 Å². The van der Waals surface area contributed by atoms with E-state index >= 15 is 0 Å². The molecule has 0 aliphatic carbocycles. The Morgan fingerprint density at radius 2 is 1.96 bits per heavy atom. The second-order valence-electron chi connectivity index (χ2n) is 5.97. The Morgan fingerprint density at radius 3 is 2.61 bits per heavy atom. The number of nitrogens with one attached hydrogen (secondary N) is 1. The van der Waals surface area contributed by atoms with Gasteiger partial charge in [-0.1, -0.05) is 30.3 Å². The molecule has 0 saturated heterocycles. The summed E-state index contributed by atoms with van der Waals surface area (Å²) in [5, 5.41) is 13.5. The lowest BCUT2D eigenvalue weighted by Gasteiger charge is -2.18. The molecule has 0 atom stereocenters. The molecular weight excluding hydrogens is 382 g/mol. The van der Waals surface area contributed by atoms with Crippen LogP contribution in [-0.4, -0.2) is 49.4 Å². The van der Waals surface area contributed by atoms with Gasteiger partial charge in [-0.25, -0.2) is 13.8 Å². The lowest BCUT2D eigenvalue weighted by Crippen LogP contribution is -2.38. The molecule has 0 bridgehead atoms. The second-order valence-corrected chi connectivity index (χ2v) is 7.95. The highest BCUT2D eigenvalue weighted by atomic mass is 32.2. The van der Waals surface area contributed by atoms with Crippen molar-refractivity contribution < 1.29 is 23.1 Å². The van der Waals surface area contributed by atoms with E-state index in [9.17, 15) is 18.3 Å². The molecule has 0 heterocycles. The molecule has 0 fully saturated rings. The van der Waals surface area contributed by atoms with Crippen LogP contribution >= 0.6 is 0 Å². The van der Waals surface area contributed by atoms with Crippen molar-refractivity contribution in [3.8, 4) is 11.5 Å². The number of aromatic hydroxyl groups is 1. The van der Waals surface area contributed by atoms with Crippen molar-refractivity contribution in [3.63, 3.8) is 0 Å². The van der Waals surface area contributed by atoms with Crippen LogP contribution in [0.15, 0.2) is 53.6 Å². The van der Waals surface area contributed by atoms with E-state index in [2.05, 4.69) is 10.5 Å². The molecule has 0 aromatic heterocycles. The van der Waals surface area contributed by atoms with E-state index in [-0.39, 0.29) is 18.8 Å². The van der Waals surface area contributed by atoms with Crippen molar-refractivity contribution >= 4 is 22.1 Å². The van der Waals surface area contributed by atoms with E-state index in [1.165, 1.54) is 12.3 Å². The highest BCUT2D eigenvalue weighted by Gasteiger charge is 2.20. The molecule has 1 amide bonds. The van der Waals surface area contributed by atoms with Crippen molar-refractivity contribution in [2.45, 2.75) is 13.5 Å². The number of sulfonamides is 1. The molecule has 150 valence electrons. The van der Waals surface area contributed by atoms with Gasteiger partial charge in [-0.05, 0) is 36.2 Å². The Kier molecular flexibility index (Phi) is 7.53. The summed E-state index contributed by atoms with van der Waals surface area (Å²) in [5.41, 5.74) is 3.68. The summed E-state index contributed by atoms with van der Waals surface area (Å²) in [6.07, 6.45) is 2.43. The summed E-state index contributed by atoms with van der Waals surface area (Å²) < 4.78 is 30.3. The normalized spacial score (nSPS) is 11.7. The first-order valence-corrected chi connectivity index (χ1v) is 10.4. The van der Waals surface area contributed by atoms with Gasteiger partial charge in [-0.3, -0.25) is 4.79 Å². The van der Waals surface area contributed by atoms with E-state index in [0.29, 0.717) is 17.9 Å². The van der Waals surface area contributed by atoms with Crippen molar-refractivity contribution in [2.75, 3.05) is 19.4 Å². The predicted molar refractivity (Wildman–Crippen MR) is 107 cm³/mol. The second kappa shape index (κ2) is 9.86. The lowest BCUT2D eigenvalue weighted by molar-refractivity contribution is -0.121. The summed E-state index contributed by atoms with van der Waals surface area (Å²) in [4.78, 5) is 12.1. The molecule has 0 aliphatic rings. The van der Waals surface area contributed by atoms with Crippen LogP contribution < -0.4 is 10.2 Å². The fraction of sp³-hybridized carbons (Fsp3) is 0.263. The monoisotopic (exact) mass is 405 g/mol. The van der Waals surface area contributed by atoms with Gasteiger partial charge in [0, 0.05) is 6.54 Å². The first-order valence-electron chi connectivity index (χ1n) is 8.56. The van der Waals surface area contributed by atoms with Crippen molar-refractivity contribution in [2.24, 2.45) is 5.10 Å². The zero-order valence-electron chi connectivity index (χ0n) is 15.7. The molecule has 9 heteroatoms. The van der Waals surface area contributed by atoms with Gasteiger partial charge >= 0.3 is 0 Å². The number of hydrogen-bond donors (Lipinski definition) is 2. The van der Waals surface area contributed by atoms with Crippen LogP contribution in [-0.2, 0) is 21.4 Å². The van der Waals surface area contributed by atoms with Crippen LogP contribution in [0, 0.1) is 0 Å². The number of amides is 1. The smallest absolute Gasteiger partial charge is 0.255 e. The highest BCUT2D eigenvalue weighted by molar-refractivity contribution is 7.88. The Hall–Kier alpha value is -2.91. The molecule has 2 rings (SSSR count). The van der Waals surface area contributed by atoms with Crippen LogP contribution in [0.25, 0.3) is 0 Å². The Labute approximate surface area is 164 Å². The molecule has 0 unspecified atom stereocenters. The third-order valence-electron chi connectivity index (χ3n) is 3.68. The summed E-state index contributed by atoms with van der Waals surface area (Å²) >= 11 is 0. The van der Waals surface area contributed by atoms with Gasteiger partial charge in [-0.15, -0.1) is 0 Å². The average molecular weight is 405 g/mol. The van der Waals surface area contributed by atoms with Crippen molar-refractivity contribution in [1.29, 1.82) is 0 Å². The molecule has 2 aromatic carbocycles. The number of hydrazone groups is 1. The molecule has 0 aliphatic heterocycles. The van der Waals surface area contributed by atoms with Crippen LogP contribution in [0.2, 0.25) is 0 Å². The first kappa shape index (κ1) is 21.4. The number of carbonyl (C=O) groups is 1. The lowest BCUT2D eigenvalue weighted by atomic mass is 10.2. The SMILES string of the molecule is CCOc1cc(/C=N\NC(=O)CN(Cc2ccccc2)S(C)(=O)=O)ccc1O. The minimum Gasteiger partial charge on any atom is -0.504 e. The quantitative estimate of drug-likeness (QED) is 0.488. The third kappa shape index (κ3) is 6.67. The van der Waals surface area contributed by atoms with Crippen LogP contribution in [0.1, 0.15) is 18.1 Å². The van der Waals surface area contributed by atoms with E-state index < -0.39 is 15.9 Å². The third-order valence-corrected chi connectivity index (χ3v) is 4.87. The van der Waals surface area contributed by atoms with Gasteiger partial charge < -0.3 is 9.84 Å². The molecule has 0 saturated carbocycles. The Morgan fingerprint density at radius 1 is 1.25 bits per heavy atom. The number of nitrogens with zero attached hydrogens (tertiary/aromatic N) is 2. The summed E-state index contributed by atoms with van der Waals surface area (Å²) in [6, 6.07) is 13.6. The number of phenolic OH excluding ortho intramolecular Hbond substituents is 1. The molecule has 28 heavy (non-hydrogen) atoms. The zero-order chi connectivity index (χ0) is 20.6. The summed E-state index contributed by atoms with van der Waals surface area (Å²) in [6.45, 7) is 1.92. The van der Waals surface area contributed by atoms with Gasteiger partial charge in [0.15, 0.2) is 11.5 Å². The topological polar surface area (TPSA) is 108 Å². The van der Waals surface area contributed by atoms with Gasteiger partial charge in [0.2, 0.25) is 10.0 Å². The minimum absolute atomic E-state index is 0.00717. The molecule has 2 aromatic rings. The number of phenols is 1. The number of ether oxygens (including phenoxy) is 1. The summed E-state index contributed by atoms with van der Waals surface area (Å²) in [7, 11) is -3.58. The molecular formula is C19H23N3O5S. The highest BCUT2D eigenvalue weighted by Crippen LogP contribution is 2.26. The molecule has 8 nitrogen and oxygen atoms in total. The van der Waals surface area contributed by atoms with Crippen molar-refractivity contribution in [3.05, 3.63) is 59.7 Å².